The van der Waals surface area contributed by atoms with E-state index < -0.39 is 76.3 Å². The molecule has 164 valence electrons. The van der Waals surface area contributed by atoms with Crippen molar-refractivity contribution < 1.29 is 68.1 Å². The van der Waals surface area contributed by atoms with Crippen LogP contribution in [0.25, 0.3) is 0 Å². The molecule has 0 aliphatic carbocycles. The fourth-order valence-electron chi connectivity index (χ4n) is 1.31. The van der Waals surface area contributed by atoms with Crippen molar-refractivity contribution in [2.45, 2.75) is 35.9 Å². The average Bonchev–Trinajstić information content (AvgIpc) is 2.48. The van der Waals surface area contributed by atoms with E-state index in [1.807, 2.05) is 0 Å². The third kappa shape index (κ3) is 4.61. The summed E-state index contributed by atoms with van der Waals surface area (Å²) in [4.78, 5) is 18.2. The van der Waals surface area contributed by atoms with E-state index in [1.54, 1.807) is 0 Å². The number of halogens is 11. The van der Waals surface area contributed by atoms with E-state index in [1.165, 1.54) is 0 Å². The Hall–Kier alpha value is -1.78. The van der Waals surface area contributed by atoms with Crippen molar-refractivity contribution in [3.05, 3.63) is 11.0 Å². The zero-order chi connectivity index (χ0) is 22.9. The van der Waals surface area contributed by atoms with E-state index >= 15 is 0 Å². The first kappa shape index (κ1) is 26.2. The molecule has 0 spiro atoms. The Labute approximate surface area is 151 Å². The van der Waals surface area contributed by atoms with Gasteiger partial charge in [-0.3, -0.25) is 4.79 Å². The van der Waals surface area contributed by atoms with Crippen molar-refractivity contribution in [2.75, 3.05) is 5.75 Å². The maximum Gasteiger partial charge on any atom is 0.460 e. The van der Waals surface area contributed by atoms with Gasteiger partial charge in [0.2, 0.25) is 0 Å². The number of allylic oxidation sites excluding steroid dienone is 1. The third-order valence-corrected chi connectivity index (χ3v) is 4.05. The van der Waals surface area contributed by atoms with Gasteiger partial charge >= 0.3 is 41.8 Å². The van der Waals surface area contributed by atoms with Crippen LogP contribution in [0.4, 0.5) is 48.3 Å². The lowest BCUT2D eigenvalue weighted by Gasteiger charge is -2.37. The predicted octanol–water partition coefficient (Wildman–Crippen LogP) is 3.20. The van der Waals surface area contributed by atoms with Crippen LogP contribution in [-0.4, -0.2) is 63.8 Å². The molecule has 0 bridgehead atoms. The number of alkyl halides is 11. The normalized spacial score (nSPS) is 16.1. The molecule has 0 aromatic heterocycles. The topological polar surface area (TPSA) is 101 Å². The van der Waals surface area contributed by atoms with Crippen LogP contribution in [0.1, 0.15) is 0 Å². The molecule has 5 nitrogen and oxygen atoms in total. The van der Waals surface area contributed by atoms with E-state index in [2.05, 4.69) is 0 Å². The molecule has 0 heterocycles. The van der Waals surface area contributed by atoms with Gasteiger partial charge in [0.25, 0.3) is 0 Å². The zero-order valence-electron chi connectivity index (χ0n) is 12.7. The molecule has 28 heavy (non-hydrogen) atoms. The first-order chi connectivity index (χ1) is 12.1. The van der Waals surface area contributed by atoms with Crippen molar-refractivity contribution in [1.82, 2.24) is 0 Å². The Bertz CT molecular complexity index is 647. The quantitative estimate of drug-likeness (QED) is 0.362. The molecule has 17 heteroatoms. The number of thioether (sulfide) groups is 1. The third-order valence-electron chi connectivity index (χ3n) is 2.84. The zero-order valence-corrected chi connectivity index (χ0v) is 13.5. The van der Waals surface area contributed by atoms with Crippen LogP contribution >= 0.6 is 11.8 Å². The van der Waals surface area contributed by atoms with E-state index in [0.29, 0.717) is 0 Å². The van der Waals surface area contributed by atoms with Crippen molar-refractivity contribution >= 4 is 23.7 Å². The Kier molecular flexibility index (Phi) is 7.42. The maximum atomic E-state index is 13.8. The van der Waals surface area contributed by atoms with Crippen LogP contribution in [0.3, 0.4) is 0 Å². The van der Waals surface area contributed by atoms with Crippen molar-refractivity contribution in [3.63, 3.8) is 0 Å². The van der Waals surface area contributed by atoms with Gasteiger partial charge in [-0.25, -0.2) is 4.79 Å². The molecule has 0 saturated heterocycles. The minimum atomic E-state index is -7.73. The first-order valence-electron chi connectivity index (χ1n) is 6.28. The second-order valence-corrected chi connectivity index (χ2v) is 5.96. The predicted molar refractivity (Wildman–Crippen MR) is 69.6 cm³/mol. The monoisotopic (exact) mass is 459 g/mol. The van der Waals surface area contributed by atoms with Gasteiger partial charge in [0.1, 0.15) is 6.04 Å². The number of nitrogens with two attached hydrogens (primary N) is 1. The molecule has 0 amide bonds. The van der Waals surface area contributed by atoms with E-state index in [-0.39, 0.29) is 0 Å². The molecule has 0 aliphatic heterocycles. The molecule has 0 radical (unpaired) electrons. The summed E-state index contributed by atoms with van der Waals surface area (Å²) in [5, 5.41) is 16.8. The highest BCUT2D eigenvalue weighted by molar-refractivity contribution is 8.03. The number of aliphatic carboxylic acids is 2. The van der Waals surface area contributed by atoms with Crippen LogP contribution in [0, 0.1) is 0 Å². The summed E-state index contributed by atoms with van der Waals surface area (Å²) < 4.78 is 143. The summed E-state index contributed by atoms with van der Waals surface area (Å²) in [6.07, 6.45) is -8.25. The number of hydrogen-bond donors (Lipinski definition) is 3. The van der Waals surface area contributed by atoms with Gasteiger partial charge in [-0.2, -0.15) is 48.3 Å². The second-order valence-electron chi connectivity index (χ2n) is 4.90. The summed E-state index contributed by atoms with van der Waals surface area (Å²) in [5.74, 6) is -35.2. The van der Waals surface area contributed by atoms with Crippen LogP contribution in [0.5, 0.6) is 0 Å². The summed E-state index contributed by atoms with van der Waals surface area (Å²) in [6.45, 7) is 0. The molecular formula is C11H8F11NO4S. The lowest BCUT2D eigenvalue weighted by Crippen LogP contribution is -2.66. The van der Waals surface area contributed by atoms with E-state index in [0.717, 1.165) is 0 Å². The Morgan fingerprint density at radius 1 is 0.857 bits per heavy atom. The lowest BCUT2D eigenvalue weighted by atomic mass is 9.97. The van der Waals surface area contributed by atoms with Gasteiger partial charge in [0, 0.05) is 11.8 Å². The molecular weight excluding hydrogens is 451 g/mol. The standard InChI is InChI=1S/C11H8F11NO4S/c12-7(13,4(1-5(24)25)28-2-3(23)6(26)27)8(14,15)9(16,17)10(18,19)11(20,21)22/h1,3H,2,23H2,(H,24,25)(H,26,27)/b4-1+/t3-/m0/s1. The summed E-state index contributed by atoms with van der Waals surface area (Å²) in [7, 11) is 0. The van der Waals surface area contributed by atoms with Crippen LogP contribution in [0.2, 0.25) is 0 Å². The van der Waals surface area contributed by atoms with Crippen LogP contribution < -0.4 is 5.73 Å². The molecule has 0 aromatic carbocycles. The van der Waals surface area contributed by atoms with Crippen molar-refractivity contribution in [2.24, 2.45) is 5.73 Å². The molecule has 0 fully saturated rings. The number of carboxylic acids is 2. The first-order valence-corrected chi connectivity index (χ1v) is 7.27. The molecule has 0 saturated carbocycles. The highest BCUT2D eigenvalue weighted by atomic mass is 32.2. The number of carboxylic acid groups (broad SMARTS) is 2. The smallest absolute Gasteiger partial charge is 0.460 e. The van der Waals surface area contributed by atoms with Gasteiger partial charge in [-0.15, -0.1) is 11.8 Å². The van der Waals surface area contributed by atoms with Crippen molar-refractivity contribution in [1.29, 1.82) is 0 Å². The maximum absolute atomic E-state index is 13.8. The summed E-state index contributed by atoms with van der Waals surface area (Å²) in [6, 6.07) is -2.14. The Morgan fingerprint density at radius 2 is 1.29 bits per heavy atom. The van der Waals surface area contributed by atoms with E-state index in [9.17, 15) is 57.9 Å². The van der Waals surface area contributed by atoms with Gasteiger partial charge in [0.15, 0.2) is 0 Å². The van der Waals surface area contributed by atoms with Crippen molar-refractivity contribution in [3.8, 4) is 0 Å². The molecule has 0 aromatic rings. The molecule has 0 rings (SSSR count). The number of rotatable bonds is 9. The van der Waals surface area contributed by atoms with Crippen LogP contribution in [0.15, 0.2) is 11.0 Å². The van der Waals surface area contributed by atoms with Gasteiger partial charge in [0.05, 0.1) is 4.91 Å². The fourth-order valence-corrected chi connectivity index (χ4v) is 2.31. The fraction of sp³-hybridized carbons (Fsp3) is 0.636. The lowest BCUT2D eigenvalue weighted by molar-refractivity contribution is -0.417. The molecule has 1 atom stereocenters. The summed E-state index contributed by atoms with van der Waals surface area (Å²) >= 11 is -0.861. The number of carbonyl (C=O) groups is 2. The minimum Gasteiger partial charge on any atom is -0.480 e. The van der Waals surface area contributed by atoms with Gasteiger partial charge in [-0.1, -0.05) is 0 Å². The highest BCUT2D eigenvalue weighted by Gasteiger charge is 2.87. The molecule has 4 N–H and O–H groups in total. The Morgan fingerprint density at radius 3 is 1.61 bits per heavy atom. The second kappa shape index (κ2) is 7.92. The molecule has 0 aliphatic rings. The Balaban J connectivity index is 6.29. The summed E-state index contributed by atoms with van der Waals surface area (Å²) in [5.41, 5.74) is 4.82. The average molecular weight is 459 g/mol. The number of hydrogen-bond acceptors (Lipinski definition) is 4. The van der Waals surface area contributed by atoms with Gasteiger partial charge < -0.3 is 15.9 Å². The van der Waals surface area contributed by atoms with E-state index in [4.69, 9.17) is 15.9 Å². The largest absolute Gasteiger partial charge is 0.480 e. The SMILES string of the molecule is N[C@@H](CS/C(=C/C(=O)O)C(F)(F)C(F)(F)C(F)(F)C(F)(F)C(F)(F)F)C(=O)O. The van der Waals surface area contributed by atoms with Crippen LogP contribution in [-0.2, 0) is 9.59 Å². The van der Waals surface area contributed by atoms with Gasteiger partial charge in [-0.05, 0) is 0 Å². The minimum absolute atomic E-state index is 0.861. The highest BCUT2D eigenvalue weighted by Crippen LogP contribution is 2.59. The molecule has 0 unspecified atom stereocenters.